The van der Waals surface area contributed by atoms with Crippen molar-refractivity contribution in [2.24, 2.45) is 0 Å². The fourth-order valence-electron chi connectivity index (χ4n) is 2.55. The van der Waals surface area contributed by atoms with E-state index in [2.05, 4.69) is 20.7 Å². The Morgan fingerprint density at radius 2 is 1.77 bits per heavy atom. The van der Waals surface area contributed by atoms with E-state index in [0.717, 1.165) is 6.26 Å². The summed E-state index contributed by atoms with van der Waals surface area (Å²) in [5.41, 5.74) is 0.605. The van der Waals surface area contributed by atoms with Gasteiger partial charge in [0, 0.05) is 31.8 Å². The lowest BCUT2D eigenvalue weighted by atomic mass is 10.1. The maximum absolute atomic E-state index is 12.6. The summed E-state index contributed by atoms with van der Waals surface area (Å²) < 4.78 is 25.4. The van der Waals surface area contributed by atoms with Gasteiger partial charge in [0.05, 0.1) is 22.4 Å². The van der Waals surface area contributed by atoms with Crippen molar-refractivity contribution in [2.45, 2.75) is 6.92 Å². The van der Waals surface area contributed by atoms with Crippen molar-refractivity contribution in [3.63, 3.8) is 0 Å². The molecule has 2 rings (SSSR count). The third-order valence-electron chi connectivity index (χ3n) is 3.71. The molecular formula is C18H21N5O6S. The van der Waals surface area contributed by atoms with Gasteiger partial charge in [-0.2, -0.15) is 0 Å². The van der Waals surface area contributed by atoms with Crippen molar-refractivity contribution in [1.82, 2.24) is 5.32 Å². The van der Waals surface area contributed by atoms with Crippen LogP contribution in [0, 0.1) is 10.1 Å². The number of para-hydroxylation sites is 2. The van der Waals surface area contributed by atoms with Crippen LogP contribution in [-0.2, 0) is 14.8 Å². The van der Waals surface area contributed by atoms with Gasteiger partial charge in [0.1, 0.15) is 5.69 Å². The summed E-state index contributed by atoms with van der Waals surface area (Å²) in [5, 5.41) is 19.0. The van der Waals surface area contributed by atoms with Gasteiger partial charge in [-0.3, -0.25) is 24.4 Å². The van der Waals surface area contributed by atoms with Crippen LogP contribution in [0.1, 0.15) is 17.3 Å². The van der Waals surface area contributed by atoms with Crippen LogP contribution < -0.4 is 20.7 Å². The Morgan fingerprint density at radius 3 is 2.40 bits per heavy atom. The molecule has 4 N–H and O–H groups in total. The van der Waals surface area contributed by atoms with Crippen molar-refractivity contribution >= 4 is 44.6 Å². The van der Waals surface area contributed by atoms with Crippen molar-refractivity contribution in [2.75, 3.05) is 34.7 Å². The molecule has 0 aliphatic rings. The summed E-state index contributed by atoms with van der Waals surface area (Å²) in [5.74, 6) is -0.934. The topological polar surface area (TPSA) is 160 Å². The number of nitro groups is 1. The largest absolute Gasteiger partial charge is 0.378 e. The van der Waals surface area contributed by atoms with Gasteiger partial charge >= 0.3 is 0 Å². The predicted molar refractivity (Wildman–Crippen MR) is 113 cm³/mol. The molecule has 0 aromatic heterocycles. The average molecular weight is 435 g/mol. The number of carbonyl (C=O) groups is 2. The van der Waals surface area contributed by atoms with E-state index in [9.17, 15) is 28.1 Å². The third kappa shape index (κ3) is 6.74. The molecule has 2 aromatic rings. The molecule has 2 amide bonds. The number of sulfonamides is 1. The van der Waals surface area contributed by atoms with E-state index in [1.54, 1.807) is 18.2 Å². The van der Waals surface area contributed by atoms with Crippen molar-refractivity contribution in [3.05, 3.63) is 58.1 Å². The van der Waals surface area contributed by atoms with Crippen LogP contribution in [0.4, 0.5) is 22.7 Å². The summed E-state index contributed by atoms with van der Waals surface area (Å²) >= 11 is 0. The fourth-order valence-corrected chi connectivity index (χ4v) is 3.13. The molecule has 0 bridgehead atoms. The van der Waals surface area contributed by atoms with Gasteiger partial charge in [0.15, 0.2) is 0 Å². The minimum Gasteiger partial charge on any atom is -0.378 e. The molecule has 160 valence electrons. The molecule has 2 aromatic carbocycles. The molecule has 0 aliphatic carbocycles. The molecular weight excluding hydrogens is 414 g/mol. The highest BCUT2D eigenvalue weighted by Gasteiger charge is 2.16. The summed E-state index contributed by atoms with van der Waals surface area (Å²) in [6.07, 6.45) is 0.951. The van der Waals surface area contributed by atoms with E-state index in [4.69, 9.17) is 0 Å². The highest BCUT2D eigenvalue weighted by Crippen LogP contribution is 2.23. The van der Waals surface area contributed by atoms with Crippen molar-refractivity contribution < 1.29 is 22.9 Å². The molecule has 0 fully saturated rings. The standard InChI is InChI=1S/C18H21N5O6S/c1-12(24)21-13-7-8-15(22-30(2,28)29)14(11-13)18(25)20-10-9-19-16-5-3-4-6-17(16)23(26)27/h3-8,11,19,22H,9-10H2,1-2H3,(H,20,25)(H,21,24). The first-order valence-electron chi connectivity index (χ1n) is 8.72. The predicted octanol–water partition coefficient (Wildman–Crippen LogP) is 1.77. The quantitative estimate of drug-likeness (QED) is 0.265. The Balaban J connectivity index is 2.09. The highest BCUT2D eigenvalue weighted by molar-refractivity contribution is 7.92. The molecule has 0 unspecified atom stereocenters. The molecule has 0 radical (unpaired) electrons. The van der Waals surface area contributed by atoms with E-state index in [1.807, 2.05) is 0 Å². The molecule has 30 heavy (non-hydrogen) atoms. The highest BCUT2D eigenvalue weighted by atomic mass is 32.2. The Labute approximate surface area is 173 Å². The van der Waals surface area contributed by atoms with E-state index < -0.39 is 20.9 Å². The zero-order valence-corrected chi connectivity index (χ0v) is 17.1. The van der Waals surface area contributed by atoms with Gasteiger partial charge in [-0.25, -0.2) is 8.42 Å². The minimum atomic E-state index is -3.64. The van der Waals surface area contributed by atoms with Crippen molar-refractivity contribution in [1.29, 1.82) is 0 Å². The van der Waals surface area contributed by atoms with Gasteiger partial charge in [-0.05, 0) is 24.3 Å². The number of hydrogen-bond donors (Lipinski definition) is 4. The maximum atomic E-state index is 12.6. The second-order valence-corrected chi connectivity index (χ2v) is 8.02. The molecule has 0 atom stereocenters. The lowest BCUT2D eigenvalue weighted by Gasteiger charge is -2.14. The van der Waals surface area contributed by atoms with Crippen LogP contribution in [0.2, 0.25) is 0 Å². The van der Waals surface area contributed by atoms with Gasteiger partial charge in [0.25, 0.3) is 11.6 Å². The van der Waals surface area contributed by atoms with Crippen LogP contribution >= 0.6 is 0 Å². The fraction of sp³-hybridized carbons (Fsp3) is 0.222. The molecule has 12 heteroatoms. The second kappa shape index (κ2) is 9.69. The molecule has 11 nitrogen and oxygen atoms in total. The smallest absolute Gasteiger partial charge is 0.292 e. The monoisotopic (exact) mass is 435 g/mol. The lowest BCUT2D eigenvalue weighted by molar-refractivity contribution is -0.384. The molecule has 0 aliphatic heterocycles. The number of hydrogen-bond acceptors (Lipinski definition) is 7. The van der Waals surface area contributed by atoms with Crippen LogP contribution in [-0.4, -0.2) is 44.5 Å². The van der Waals surface area contributed by atoms with Gasteiger partial charge in [-0.1, -0.05) is 12.1 Å². The summed E-state index contributed by atoms with van der Waals surface area (Å²) in [7, 11) is -3.64. The normalized spacial score (nSPS) is 10.7. The Hall–Kier alpha value is -3.67. The van der Waals surface area contributed by atoms with E-state index in [0.29, 0.717) is 11.4 Å². The number of nitro benzene ring substituents is 1. The van der Waals surface area contributed by atoms with Crippen LogP contribution in [0.3, 0.4) is 0 Å². The minimum absolute atomic E-state index is 0.0115. The van der Waals surface area contributed by atoms with Crippen LogP contribution in [0.5, 0.6) is 0 Å². The number of anilines is 3. The number of nitrogens with one attached hydrogen (secondary N) is 4. The maximum Gasteiger partial charge on any atom is 0.292 e. The number of amides is 2. The first-order chi connectivity index (χ1) is 14.1. The summed E-state index contributed by atoms with van der Waals surface area (Å²) in [4.78, 5) is 34.3. The summed E-state index contributed by atoms with van der Waals surface area (Å²) in [6.45, 7) is 1.60. The Bertz CT molecular complexity index is 1070. The third-order valence-corrected chi connectivity index (χ3v) is 4.30. The zero-order valence-electron chi connectivity index (χ0n) is 16.3. The number of nitrogens with zero attached hydrogens (tertiary/aromatic N) is 1. The van der Waals surface area contributed by atoms with E-state index >= 15 is 0 Å². The summed E-state index contributed by atoms with van der Waals surface area (Å²) in [6, 6.07) is 10.3. The SMILES string of the molecule is CC(=O)Nc1ccc(NS(C)(=O)=O)c(C(=O)NCCNc2ccccc2[N+](=O)[O-])c1. The number of rotatable bonds is 9. The molecule has 0 saturated carbocycles. The molecule has 0 heterocycles. The molecule has 0 saturated heterocycles. The lowest BCUT2D eigenvalue weighted by Crippen LogP contribution is -2.30. The first-order valence-corrected chi connectivity index (χ1v) is 10.6. The second-order valence-electron chi connectivity index (χ2n) is 6.27. The average Bonchev–Trinajstić information content (AvgIpc) is 2.65. The number of carbonyl (C=O) groups excluding carboxylic acids is 2. The Morgan fingerprint density at radius 1 is 1.07 bits per heavy atom. The van der Waals surface area contributed by atoms with Gasteiger partial charge in [0.2, 0.25) is 15.9 Å². The Kier molecular flexibility index (Phi) is 7.31. The van der Waals surface area contributed by atoms with Crippen molar-refractivity contribution in [3.8, 4) is 0 Å². The van der Waals surface area contributed by atoms with Gasteiger partial charge in [-0.15, -0.1) is 0 Å². The zero-order chi connectivity index (χ0) is 22.3. The van der Waals surface area contributed by atoms with E-state index in [1.165, 1.54) is 31.2 Å². The van der Waals surface area contributed by atoms with Gasteiger partial charge < -0.3 is 16.0 Å². The molecule has 0 spiro atoms. The van der Waals surface area contributed by atoms with Crippen LogP contribution in [0.25, 0.3) is 0 Å². The van der Waals surface area contributed by atoms with Crippen LogP contribution in [0.15, 0.2) is 42.5 Å². The van der Waals surface area contributed by atoms with E-state index in [-0.39, 0.29) is 35.9 Å². The first kappa shape index (κ1) is 22.6. The number of benzene rings is 2.